The molecule has 0 bridgehead atoms. The molecule has 0 saturated heterocycles. The van der Waals surface area contributed by atoms with Gasteiger partial charge in [-0.1, -0.05) is 194 Å². The number of rotatable bonds is 10. The van der Waals surface area contributed by atoms with E-state index in [4.69, 9.17) is 4.42 Å². The second kappa shape index (κ2) is 17.2. The number of hydrogen-bond acceptors (Lipinski definition) is 3. The van der Waals surface area contributed by atoms with Crippen LogP contribution in [0.5, 0.6) is 0 Å². The lowest BCUT2D eigenvalue weighted by Crippen LogP contribution is -2.29. The summed E-state index contributed by atoms with van der Waals surface area (Å²) in [5.41, 5.74) is 19.3. The van der Waals surface area contributed by atoms with E-state index < -0.39 is 5.41 Å². The van der Waals surface area contributed by atoms with Crippen molar-refractivity contribution >= 4 is 56.1 Å². The molecule has 0 fully saturated rings. The van der Waals surface area contributed by atoms with E-state index in [1.54, 1.807) is 0 Å². The Morgan fingerprint density at radius 2 is 0.657 bits per heavy atom. The van der Waals surface area contributed by atoms with Crippen molar-refractivity contribution in [3.05, 3.63) is 301 Å². The van der Waals surface area contributed by atoms with E-state index in [1.165, 1.54) is 50.1 Å². The molecule has 12 aromatic rings. The van der Waals surface area contributed by atoms with Crippen LogP contribution in [0.2, 0.25) is 0 Å². The van der Waals surface area contributed by atoms with Crippen LogP contribution in [0.1, 0.15) is 22.3 Å². The fourth-order valence-corrected chi connectivity index (χ4v) is 11.0. The average Bonchev–Trinajstić information content (AvgIpc) is 3.96. The first-order valence-corrected chi connectivity index (χ1v) is 24.0. The molecule has 0 N–H and O–H groups in total. The van der Waals surface area contributed by atoms with Gasteiger partial charge in [-0.2, -0.15) is 0 Å². The first kappa shape index (κ1) is 41.0. The third-order valence-electron chi connectivity index (χ3n) is 14.1. The molecule has 13 rings (SSSR count). The van der Waals surface area contributed by atoms with Crippen molar-refractivity contribution in [2.24, 2.45) is 0 Å². The Morgan fingerprint density at radius 1 is 0.257 bits per heavy atom. The Labute approximate surface area is 408 Å². The molecule has 0 unspecified atom stereocenters. The van der Waals surface area contributed by atoms with Crippen molar-refractivity contribution in [1.82, 2.24) is 0 Å². The summed E-state index contributed by atoms with van der Waals surface area (Å²) in [5.74, 6) is 0. The van der Waals surface area contributed by atoms with Gasteiger partial charge in [-0.3, -0.25) is 0 Å². The number of furan rings is 1. The van der Waals surface area contributed by atoms with Gasteiger partial charge in [-0.15, -0.1) is 0 Å². The van der Waals surface area contributed by atoms with Crippen LogP contribution in [-0.2, 0) is 5.41 Å². The Hall–Kier alpha value is -9.18. The number of para-hydroxylation sites is 3. The van der Waals surface area contributed by atoms with E-state index in [0.29, 0.717) is 0 Å². The van der Waals surface area contributed by atoms with Crippen LogP contribution in [0.3, 0.4) is 0 Å². The summed E-state index contributed by atoms with van der Waals surface area (Å²) in [4.78, 5) is 4.83. The zero-order valence-electron chi connectivity index (χ0n) is 38.4. The Kier molecular flexibility index (Phi) is 10.1. The molecular formula is C67H46N2O. The third-order valence-corrected chi connectivity index (χ3v) is 14.1. The normalized spacial score (nSPS) is 12.4. The fraction of sp³-hybridized carbons (Fsp3) is 0.0149. The number of hydrogen-bond donors (Lipinski definition) is 0. The zero-order valence-corrected chi connectivity index (χ0v) is 38.4. The highest BCUT2D eigenvalue weighted by Crippen LogP contribution is 2.58. The molecule has 1 aliphatic rings. The van der Waals surface area contributed by atoms with Gasteiger partial charge >= 0.3 is 0 Å². The smallest absolute Gasteiger partial charge is 0.135 e. The second-order valence-electron chi connectivity index (χ2n) is 18.1. The maximum atomic E-state index is 6.50. The molecular weight excluding hydrogens is 849 g/mol. The van der Waals surface area contributed by atoms with Gasteiger partial charge in [0.2, 0.25) is 0 Å². The van der Waals surface area contributed by atoms with Crippen LogP contribution in [-0.4, -0.2) is 0 Å². The monoisotopic (exact) mass is 894 g/mol. The first-order valence-electron chi connectivity index (χ1n) is 24.0. The molecule has 3 nitrogen and oxygen atoms in total. The maximum absolute atomic E-state index is 6.50. The average molecular weight is 895 g/mol. The highest BCUT2D eigenvalue weighted by molar-refractivity contribution is 6.05. The maximum Gasteiger partial charge on any atom is 0.135 e. The van der Waals surface area contributed by atoms with Gasteiger partial charge in [0.25, 0.3) is 0 Å². The number of anilines is 6. The van der Waals surface area contributed by atoms with Crippen LogP contribution in [0.15, 0.2) is 283 Å². The molecule has 11 aromatic carbocycles. The van der Waals surface area contributed by atoms with Gasteiger partial charge in [0, 0.05) is 44.9 Å². The Balaban J connectivity index is 1.12. The predicted octanol–water partition coefficient (Wildman–Crippen LogP) is 18.2. The lowest BCUT2D eigenvalue weighted by atomic mass is 9.67. The van der Waals surface area contributed by atoms with Gasteiger partial charge in [-0.05, 0) is 141 Å². The molecule has 0 saturated carbocycles. The van der Waals surface area contributed by atoms with Crippen molar-refractivity contribution in [2.45, 2.75) is 5.41 Å². The van der Waals surface area contributed by atoms with Crippen molar-refractivity contribution < 1.29 is 4.42 Å². The van der Waals surface area contributed by atoms with Crippen molar-refractivity contribution in [2.75, 3.05) is 9.80 Å². The van der Waals surface area contributed by atoms with E-state index >= 15 is 0 Å². The number of fused-ring (bicyclic) bond motifs is 6. The van der Waals surface area contributed by atoms with E-state index in [1.807, 2.05) is 6.07 Å². The van der Waals surface area contributed by atoms with Crippen LogP contribution in [0.4, 0.5) is 34.1 Å². The molecule has 0 atom stereocenters. The second-order valence-corrected chi connectivity index (χ2v) is 18.1. The molecule has 0 spiro atoms. The summed E-state index contributed by atoms with van der Waals surface area (Å²) in [7, 11) is 0. The van der Waals surface area contributed by atoms with Gasteiger partial charge in [0.15, 0.2) is 0 Å². The fourth-order valence-electron chi connectivity index (χ4n) is 11.0. The number of benzene rings is 11. The standard InChI is InChI=1S/C67H46N2O/c1-5-19-47(20-6-1)49-33-38-55(39-34-49)68(53-23-9-3-10-24-53)57-43-52(44-58(46-57)69(54-25-11-4-12-26-54)56-40-35-50(36-41-56)48-21-7-2-8-22-48)67(63-30-16-13-27-59(63)60-28-14-17-31-64(60)67)51-37-42-66-62(45-51)61-29-15-18-32-65(61)70-66/h1-46H. The number of nitrogens with zero attached hydrogens (tertiary/aromatic N) is 2. The Bertz CT molecular complexity index is 3620. The Morgan fingerprint density at radius 3 is 1.17 bits per heavy atom. The highest BCUT2D eigenvalue weighted by Gasteiger charge is 2.47. The largest absolute Gasteiger partial charge is 0.456 e. The summed E-state index contributed by atoms with van der Waals surface area (Å²) in [6.07, 6.45) is 0. The van der Waals surface area contributed by atoms with Crippen LogP contribution in [0, 0.1) is 0 Å². The zero-order chi connectivity index (χ0) is 46.4. The first-order chi connectivity index (χ1) is 34.7. The van der Waals surface area contributed by atoms with Gasteiger partial charge in [0.1, 0.15) is 11.2 Å². The molecule has 0 aliphatic heterocycles. The SMILES string of the molecule is c1ccc(-c2ccc(N(c3ccccc3)c3cc(N(c4ccccc4)c4ccc(-c5ccccc5)cc4)cc(C4(c5ccc6oc7ccccc7c6c5)c5ccccc5-c5ccccc54)c3)cc2)cc1. The van der Waals surface area contributed by atoms with Gasteiger partial charge < -0.3 is 14.2 Å². The highest BCUT2D eigenvalue weighted by atomic mass is 16.3. The minimum absolute atomic E-state index is 0.746. The summed E-state index contributed by atoms with van der Waals surface area (Å²) >= 11 is 0. The quantitative estimate of drug-likeness (QED) is 0.136. The van der Waals surface area contributed by atoms with E-state index in [0.717, 1.165) is 61.6 Å². The topological polar surface area (TPSA) is 19.6 Å². The van der Waals surface area contributed by atoms with E-state index in [9.17, 15) is 0 Å². The molecule has 70 heavy (non-hydrogen) atoms. The van der Waals surface area contributed by atoms with Crippen LogP contribution in [0.25, 0.3) is 55.3 Å². The van der Waals surface area contributed by atoms with E-state index in [2.05, 4.69) is 283 Å². The summed E-state index contributed by atoms with van der Waals surface area (Å²) in [6.45, 7) is 0. The summed E-state index contributed by atoms with van der Waals surface area (Å²) in [5, 5.41) is 2.20. The van der Waals surface area contributed by atoms with Crippen LogP contribution >= 0.6 is 0 Å². The van der Waals surface area contributed by atoms with E-state index in [-0.39, 0.29) is 0 Å². The molecule has 0 amide bonds. The molecule has 0 radical (unpaired) electrons. The molecule has 1 aromatic heterocycles. The van der Waals surface area contributed by atoms with Gasteiger partial charge in [-0.25, -0.2) is 0 Å². The summed E-state index contributed by atoms with van der Waals surface area (Å²) < 4.78 is 6.50. The summed E-state index contributed by atoms with van der Waals surface area (Å²) in [6, 6.07) is 101. The molecule has 3 heteroatoms. The van der Waals surface area contributed by atoms with Crippen LogP contribution < -0.4 is 9.80 Å². The third kappa shape index (κ3) is 6.90. The predicted molar refractivity (Wildman–Crippen MR) is 291 cm³/mol. The lowest BCUT2D eigenvalue weighted by molar-refractivity contribution is 0.668. The minimum Gasteiger partial charge on any atom is -0.456 e. The van der Waals surface area contributed by atoms with Crippen molar-refractivity contribution in [3.8, 4) is 33.4 Å². The minimum atomic E-state index is -0.746. The lowest BCUT2D eigenvalue weighted by Gasteiger charge is -2.37. The van der Waals surface area contributed by atoms with Crippen molar-refractivity contribution in [3.63, 3.8) is 0 Å². The molecule has 1 heterocycles. The molecule has 330 valence electrons. The molecule has 1 aliphatic carbocycles. The van der Waals surface area contributed by atoms with Gasteiger partial charge in [0.05, 0.1) is 5.41 Å². The van der Waals surface area contributed by atoms with Crippen molar-refractivity contribution in [1.29, 1.82) is 0 Å².